The van der Waals surface area contributed by atoms with E-state index in [0.717, 1.165) is 38.8 Å². The average Bonchev–Trinajstić information content (AvgIpc) is 2.85. The van der Waals surface area contributed by atoms with E-state index in [0.29, 0.717) is 11.9 Å². The number of nitrogens with zero attached hydrogens (tertiary/aromatic N) is 1. The maximum absolute atomic E-state index is 13.0. The second-order valence-corrected chi connectivity index (χ2v) is 6.96. The number of rotatable bonds is 3. The molecule has 3 aliphatic rings. The van der Waals surface area contributed by atoms with Crippen molar-refractivity contribution >= 4 is 5.91 Å². The molecular formula is C18H24N2O. The van der Waals surface area contributed by atoms with Gasteiger partial charge in [-0.2, -0.15) is 0 Å². The molecule has 1 spiro atoms. The zero-order chi connectivity index (χ0) is 14.4. The van der Waals surface area contributed by atoms with E-state index in [9.17, 15) is 4.79 Å². The second-order valence-electron chi connectivity index (χ2n) is 6.96. The first-order chi connectivity index (χ1) is 10.3. The van der Waals surface area contributed by atoms with Gasteiger partial charge in [0, 0.05) is 30.5 Å². The van der Waals surface area contributed by atoms with Crippen LogP contribution < -0.4 is 5.32 Å². The van der Waals surface area contributed by atoms with Crippen molar-refractivity contribution in [1.82, 2.24) is 10.2 Å². The molecule has 3 unspecified atom stereocenters. The molecule has 1 aromatic rings. The third-order valence-corrected chi connectivity index (χ3v) is 5.87. The van der Waals surface area contributed by atoms with Crippen molar-refractivity contribution in [2.24, 2.45) is 5.92 Å². The van der Waals surface area contributed by atoms with E-state index in [1.165, 1.54) is 17.5 Å². The lowest BCUT2D eigenvalue weighted by Crippen LogP contribution is -2.42. The summed E-state index contributed by atoms with van der Waals surface area (Å²) in [6, 6.07) is 9.16. The molecule has 2 fully saturated rings. The van der Waals surface area contributed by atoms with E-state index in [-0.39, 0.29) is 11.3 Å². The summed E-state index contributed by atoms with van der Waals surface area (Å²) in [6.07, 6.45) is 5.72. The quantitative estimate of drug-likeness (QED) is 0.922. The molecule has 1 aromatic carbocycles. The Morgan fingerprint density at radius 3 is 3.14 bits per heavy atom. The van der Waals surface area contributed by atoms with Gasteiger partial charge in [-0.3, -0.25) is 4.79 Å². The molecular weight excluding hydrogens is 260 g/mol. The molecule has 1 saturated heterocycles. The third-order valence-electron chi connectivity index (χ3n) is 5.87. The number of benzene rings is 1. The van der Waals surface area contributed by atoms with E-state index in [1.54, 1.807) is 0 Å². The van der Waals surface area contributed by atoms with Gasteiger partial charge in [-0.05, 0) is 50.3 Å². The largest absolute Gasteiger partial charge is 0.338 e. The van der Waals surface area contributed by atoms with Crippen LogP contribution in [0.1, 0.15) is 36.8 Å². The van der Waals surface area contributed by atoms with Crippen LogP contribution in [0.15, 0.2) is 24.3 Å². The molecule has 1 amide bonds. The molecule has 21 heavy (non-hydrogen) atoms. The normalized spacial score (nSPS) is 33.5. The summed E-state index contributed by atoms with van der Waals surface area (Å²) in [7, 11) is 1.98. The fraction of sp³-hybridized carbons (Fsp3) is 0.611. The molecule has 3 nitrogen and oxygen atoms in total. The zero-order valence-electron chi connectivity index (χ0n) is 12.8. The van der Waals surface area contributed by atoms with Crippen LogP contribution in [0.4, 0.5) is 0 Å². The van der Waals surface area contributed by atoms with E-state index in [1.807, 2.05) is 7.05 Å². The van der Waals surface area contributed by atoms with Crippen molar-refractivity contribution in [3.63, 3.8) is 0 Å². The molecule has 4 rings (SSSR count). The lowest BCUT2D eigenvalue weighted by Gasteiger charge is -2.26. The van der Waals surface area contributed by atoms with Crippen LogP contribution in [0.2, 0.25) is 0 Å². The maximum atomic E-state index is 13.0. The summed E-state index contributed by atoms with van der Waals surface area (Å²) in [5, 5.41) is 3.24. The van der Waals surface area contributed by atoms with Crippen molar-refractivity contribution in [1.29, 1.82) is 0 Å². The minimum atomic E-state index is 0.195. The summed E-state index contributed by atoms with van der Waals surface area (Å²) >= 11 is 0. The predicted octanol–water partition coefficient (Wildman–Crippen LogP) is 2.10. The number of carbonyl (C=O) groups excluding carboxylic acids is 1. The third kappa shape index (κ3) is 1.94. The fourth-order valence-corrected chi connectivity index (χ4v) is 4.69. The van der Waals surface area contributed by atoms with E-state index in [2.05, 4.69) is 34.5 Å². The van der Waals surface area contributed by atoms with E-state index >= 15 is 0 Å². The van der Waals surface area contributed by atoms with Gasteiger partial charge in [0.05, 0.1) is 0 Å². The molecule has 3 heteroatoms. The van der Waals surface area contributed by atoms with Gasteiger partial charge in [-0.15, -0.1) is 0 Å². The van der Waals surface area contributed by atoms with E-state index in [4.69, 9.17) is 0 Å². The lowest BCUT2D eigenvalue weighted by atomic mass is 9.95. The molecule has 112 valence electrons. The minimum Gasteiger partial charge on any atom is -0.338 e. The van der Waals surface area contributed by atoms with Gasteiger partial charge in [0.15, 0.2) is 0 Å². The highest BCUT2D eigenvalue weighted by molar-refractivity contribution is 5.85. The van der Waals surface area contributed by atoms with Crippen LogP contribution in [0.5, 0.6) is 0 Å². The first-order valence-corrected chi connectivity index (χ1v) is 8.30. The maximum Gasteiger partial charge on any atom is 0.226 e. The smallest absolute Gasteiger partial charge is 0.226 e. The lowest BCUT2D eigenvalue weighted by molar-refractivity contribution is -0.133. The molecule has 1 heterocycles. The Morgan fingerprint density at radius 1 is 1.43 bits per heavy atom. The van der Waals surface area contributed by atoms with Crippen molar-refractivity contribution in [2.45, 2.75) is 43.6 Å². The van der Waals surface area contributed by atoms with Gasteiger partial charge in [0.1, 0.15) is 0 Å². The van der Waals surface area contributed by atoms with Gasteiger partial charge < -0.3 is 10.2 Å². The van der Waals surface area contributed by atoms with E-state index < -0.39 is 0 Å². The van der Waals surface area contributed by atoms with Crippen LogP contribution in [0.3, 0.4) is 0 Å². The summed E-state index contributed by atoms with van der Waals surface area (Å²) in [5.41, 5.74) is 3.13. The van der Waals surface area contributed by atoms with Crippen LogP contribution >= 0.6 is 0 Å². The molecule has 0 aromatic heterocycles. The molecule has 1 aliphatic heterocycles. The van der Waals surface area contributed by atoms with Crippen LogP contribution in [0.25, 0.3) is 0 Å². The summed E-state index contributed by atoms with van der Waals surface area (Å²) in [6.45, 7) is 1.89. The average molecular weight is 284 g/mol. The molecule has 1 N–H and O–H groups in total. The highest BCUT2D eigenvalue weighted by Crippen LogP contribution is 2.62. The second kappa shape index (κ2) is 4.84. The molecule has 0 radical (unpaired) electrons. The van der Waals surface area contributed by atoms with Gasteiger partial charge in [-0.25, -0.2) is 0 Å². The number of carbonyl (C=O) groups is 1. The van der Waals surface area contributed by atoms with Gasteiger partial charge in [-0.1, -0.05) is 24.3 Å². The monoisotopic (exact) mass is 284 g/mol. The Balaban J connectivity index is 1.54. The fourth-order valence-electron chi connectivity index (χ4n) is 4.69. The first kappa shape index (κ1) is 13.3. The number of amides is 1. The number of aryl methyl sites for hydroxylation is 1. The topological polar surface area (TPSA) is 32.3 Å². The number of likely N-dealkylation sites (tertiary alicyclic amines) is 1. The van der Waals surface area contributed by atoms with Crippen molar-refractivity contribution in [3.05, 3.63) is 35.4 Å². The molecule has 3 atom stereocenters. The molecule has 1 saturated carbocycles. The van der Waals surface area contributed by atoms with Gasteiger partial charge in [0.2, 0.25) is 5.91 Å². The number of hydrogen-bond acceptors (Lipinski definition) is 2. The Hall–Kier alpha value is -1.35. The highest BCUT2D eigenvalue weighted by Gasteiger charge is 2.62. The van der Waals surface area contributed by atoms with Crippen LogP contribution in [0, 0.1) is 5.92 Å². The van der Waals surface area contributed by atoms with Crippen LogP contribution in [-0.2, 0) is 16.6 Å². The number of fused-ring (bicyclic) bond motifs is 2. The Kier molecular flexibility index (Phi) is 3.07. The summed E-state index contributed by atoms with van der Waals surface area (Å²) < 4.78 is 0. The Morgan fingerprint density at radius 2 is 2.29 bits per heavy atom. The van der Waals surface area contributed by atoms with Crippen molar-refractivity contribution in [3.8, 4) is 0 Å². The minimum absolute atomic E-state index is 0.195. The van der Waals surface area contributed by atoms with Gasteiger partial charge >= 0.3 is 0 Å². The SMILES string of the molecule is CNCC1CCCN1C(=O)C1CC12CCc1ccccc12. The number of hydrogen-bond donors (Lipinski definition) is 1. The number of likely N-dealkylation sites (N-methyl/N-ethyl adjacent to an activating group) is 1. The van der Waals surface area contributed by atoms with Crippen molar-refractivity contribution < 1.29 is 4.79 Å². The predicted molar refractivity (Wildman–Crippen MR) is 83.2 cm³/mol. The van der Waals surface area contributed by atoms with Crippen LogP contribution in [-0.4, -0.2) is 37.0 Å². The number of nitrogens with one attached hydrogen (secondary N) is 1. The first-order valence-electron chi connectivity index (χ1n) is 8.30. The Bertz CT molecular complexity index is 570. The molecule has 0 bridgehead atoms. The standard InChI is InChI=1S/C18H24N2O/c1-19-12-14-6-4-10-20(14)17(21)16-11-18(16)9-8-13-5-2-3-7-15(13)18/h2-3,5,7,14,16,19H,4,6,8-12H2,1H3. The summed E-state index contributed by atoms with van der Waals surface area (Å²) in [4.78, 5) is 15.1. The summed E-state index contributed by atoms with van der Waals surface area (Å²) in [5.74, 6) is 0.669. The highest BCUT2D eigenvalue weighted by atomic mass is 16.2. The Labute approximate surface area is 126 Å². The van der Waals surface area contributed by atoms with Crippen molar-refractivity contribution in [2.75, 3.05) is 20.1 Å². The molecule has 2 aliphatic carbocycles. The zero-order valence-corrected chi connectivity index (χ0v) is 12.8. The van der Waals surface area contributed by atoms with Gasteiger partial charge in [0.25, 0.3) is 0 Å².